The summed E-state index contributed by atoms with van der Waals surface area (Å²) in [5.74, 6) is 1.34. The summed E-state index contributed by atoms with van der Waals surface area (Å²) in [6.07, 6.45) is 4.07. The zero-order valence-electron chi connectivity index (χ0n) is 16.4. The fourth-order valence-corrected chi connectivity index (χ4v) is 4.41. The van der Waals surface area contributed by atoms with Crippen LogP contribution in [0.2, 0.25) is 0 Å². The molecular weight excluding hydrogens is 358 g/mol. The Kier molecular flexibility index (Phi) is 6.85. The van der Waals surface area contributed by atoms with Gasteiger partial charge in [-0.2, -0.15) is 0 Å². The van der Waals surface area contributed by atoms with Gasteiger partial charge in [-0.1, -0.05) is 26.0 Å². The van der Waals surface area contributed by atoms with Crippen molar-refractivity contribution in [3.05, 3.63) is 46.4 Å². The van der Waals surface area contributed by atoms with Gasteiger partial charge in [0.25, 0.3) is 0 Å². The Hall–Kier alpha value is -1.92. The molecule has 1 amide bonds. The number of ether oxygens (including phenoxy) is 1. The van der Waals surface area contributed by atoms with Crippen molar-refractivity contribution < 1.29 is 9.53 Å². The predicted octanol–water partition coefficient (Wildman–Crippen LogP) is 3.88. The van der Waals surface area contributed by atoms with Gasteiger partial charge in [-0.15, -0.1) is 11.3 Å². The first-order valence-electron chi connectivity index (χ1n) is 9.62. The fourth-order valence-electron chi connectivity index (χ4n) is 3.63. The van der Waals surface area contributed by atoms with E-state index < -0.39 is 0 Å². The van der Waals surface area contributed by atoms with Gasteiger partial charge < -0.3 is 10.1 Å². The maximum atomic E-state index is 12.4. The van der Waals surface area contributed by atoms with Crippen molar-refractivity contribution in [2.45, 2.75) is 39.3 Å². The monoisotopic (exact) mass is 387 g/mol. The van der Waals surface area contributed by atoms with Crippen molar-refractivity contribution in [3.63, 3.8) is 0 Å². The lowest BCUT2D eigenvalue weighted by Gasteiger charge is -2.37. The summed E-state index contributed by atoms with van der Waals surface area (Å²) in [6.45, 7) is 6.81. The van der Waals surface area contributed by atoms with E-state index in [4.69, 9.17) is 4.74 Å². The molecule has 3 rings (SSSR count). The van der Waals surface area contributed by atoms with Crippen LogP contribution in [0.1, 0.15) is 43.3 Å². The largest absolute Gasteiger partial charge is 0.497 e. The molecule has 0 aliphatic carbocycles. The number of aromatic nitrogens is 1. The van der Waals surface area contributed by atoms with Gasteiger partial charge in [0, 0.05) is 30.6 Å². The van der Waals surface area contributed by atoms with Gasteiger partial charge in [0.05, 0.1) is 13.2 Å². The van der Waals surface area contributed by atoms with Crippen molar-refractivity contribution in [3.8, 4) is 5.75 Å². The summed E-state index contributed by atoms with van der Waals surface area (Å²) >= 11 is 1.63. The number of thiazole rings is 1. The molecule has 5 nitrogen and oxygen atoms in total. The Morgan fingerprint density at radius 1 is 1.44 bits per heavy atom. The number of carbonyl (C=O) groups is 1. The predicted molar refractivity (Wildman–Crippen MR) is 109 cm³/mol. The van der Waals surface area contributed by atoms with Crippen molar-refractivity contribution in [1.29, 1.82) is 0 Å². The van der Waals surface area contributed by atoms with Crippen LogP contribution in [0, 0.1) is 11.8 Å². The number of amides is 1. The van der Waals surface area contributed by atoms with Crippen LogP contribution < -0.4 is 10.1 Å². The maximum absolute atomic E-state index is 12.4. The van der Waals surface area contributed by atoms with Gasteiger partial charge in [-0.25, -0.2) is 4.98 Å². The minimum Gasteiger partial charge on any atom is -0.497 e. The molecule has 6 heteroatoms. The highest BCUT2D eigenvalue weighted by Gasteiger charge is 2.31. The van der Waals surface area contributed by atoms with Crippen LogP contribution in [-0.2, 0) is 11.3 Å². The van der Waals surface area contributed by atoms with Crippen LogP contribution in [0.4, 0.5) is 0 Å². The average molecular weight is 388 g/mol. The average Bonchev–Trinajstić information content (AvgIpc) is 3.20. The van der Waals surface area contributed by atoms with E-state index in [1.807, 2.05) is 37.6 Å². The number of piperidine rings is 1. The normalized spacial score (nSPS) is 19.0. The molecule has 2 aromatic rings. The maximum Gasteiger partial charge on any atom is 0.223 e. The number of hydrogen-bond acceptors (Lipinski definition) is 5. The molecule has 0 bridgehead atoms. The Labute approximate surface area is 165 Å². The van der Waals surface area contributed by atoms with Gasteiger partial charge in [0.2, 0.25) is 5.91 Å². The summed E-state index contributed by atoms with van der Waals surface area (Å²) in [7, 11) is 1.70. The molecule has 0 radical (unpaired) electrons. The number of nitrogens with zero attached hydrogens (tertiary/aromatic N) is 2. The third-order valence-electron chi connectivity index (χ3n) is 5.09. The van der Waals surface area contributed by atoms with E-state index in [1.54, 1.807) is 18.4 Å². The molecule has 1 aliphatic heterocycles. The Balaban J connectivity index is 1.70. The molecule has 1 saturated heterocycles. The van der Waals surface area contributed by atoms with Crippen molar-refractivity contribution in [1.82, 2.24) is 15.2 Å². The Morgan fingerprint density at radius 2 is 2.30 bits per heavy atom. The number of methoxy groups -OCH3 is 1. The van der Waals surface area contributed by atoms with E-state index >= 15 is 0 Å². The minimum atomic E-state index is -0.0241. The van der Waals surface area contributed by atoms with E-state index in [-0.39, 0.29) is 17.9 Å². The number of rotatable bonds is 7. The number of nitrogens with one attached hydrogen (secondary N) is 1. The first kappa shape index (κ1) is 19.8. The van der Waals surface area contributed by atoms with Gasteiger partial charge in [-0.05, 0) is 43.0 Å². The molecular formula is C21H29N3O2S. The van der Waals surface area contributed by atoms with Crippen molar-refractivity contribution >= 4 is 17.2 Å². The third kappa shape index (κ3) is 5.30. The molecule has 0 saturated carbocycles. The van der Waals surface area contributed by atoms with Gasteiger partial charge in [-0.3, -0.25) is 9.69 Å². The zero-order chi connectivity index (χ0) is 19.2. The highest BCUT2D eigenvalue weighted by atomic mass is 32.1. The first-order valence-corrected chi connectivity index (χ1v) is 10.5. The number of hydrogen-bond donors (Lipinski definition) is 1. The molecule has 1 fully saturated rings. The smallest absolute Gasteiger partial charge is 0.223 e. The third-order valence-corrected chi connectivity index (χ3v) is 5.95. The topological polar surface area (TPSA) is 54.5 Å². The summed E-state index contributed by atoms with van der Waals surface area (Å²) in [4.78, 5) is 19.4. The van der Waals surface area contributed by atoms with E-state index in [0.717, 1.165) is 43.2 Å². The zero-order valence-corrected chi connectivity index (χ0v) is 17.2. The SMILES string of the molecule is COc1cccc(CN2CCC[C@H]([C@@H](NC(=O)C(C)C)c3nccs3)C2)c1. The fraction of sp³-hybridized carbons (Fsp3) is 0.524. The molecule has 1 aliphatic rings. The second-order valence-corrected chi connectivity index (χ2v) is 8.43. The lowest BCUT2D eigenvalue weighted by Crippen LogP contribution is -2.43. The van der Waals surface area contributed by atoms with Crippen LogP contribution in [0.25, 0.3) is 0 Å². The van der Waals surface area contributed by atoms with Gasteiger partial charge in [0.1, 0.15) is 10.8 Å². The Morgan fingerprint density at radius 3 is 3.00 bits per heavy atom. The standard InChI is InChI=1S/C21H29N3O2S/c1-15(2)20(25)23-19(21-22-9-11-27-21)17-7-5-10-24(14-17)13-16-6-4-8-18(12-16)26-3/h4,6,8-9,11-12,15,17,19H,5,7,10,13-14H2,1-3H3,(H,23,25)/t17-,19+/m0/s1. The van der Waals surface area contributed by atoms with E-state index in [1.165, 1.54) is 5.56 Å². The van der Waals surface area contributed by atoms with Crippen LogP contribution >= 0.6 is 11.3 Å². The van der Waals surface area contributed by atoms with Crippen LogP contribution in [0.15, 0.2) is 35.8 Å². The van der Waals surface area contributed by atoms with E-state index in [2.05, 4.69) is 27.3 Å². The quantitative estimate of drug-likeness (QED) is 0.783. The van der Waals surface area contributed by atoms with Crippen LogP contribution in [0.5, 0.6) is 5.75 Å². The van der Waals surface area contributed by atoms with Gasteiger partial charge in [0.15, 0.2) is 0 Å². The first-order chi connectivity index (χ1) is 13.1. The lowest BCUT2D eigenvalue weighted by atomic mass is 9.90. The molecule has 27 heavy (non-hydrogen) atoms. The molecule has 146 valence electrons. The number of likely N-dealkylation sites (tertiary alicyclic amines) is 1. The molecule has 0 spiro atoms. The van der Waals surface area contributed by atoms with E-state index in [0.29, 0.717) is 5.92 Å². The van der Waals surface area contributed by atoms with E-state index in [9.17, 15) is 4.79 Å². The second-order valence-electron chi connectivity index (χ2n) is 7.50. The minimum absolute atomic E-state index is 0.00647. The molecule has 1 aromatic carbocycles. The molecule has 2 atom stereocenters. The lowest BCUT2D eigenvalue weighted by molar-refractivity contribution is -0.125. The highest BCUT2D eigenvalue weighted by molar-refractivity contribution is 7.09. The summed E-state index contributed by atoms with van der Waals surface area (Å²) in [6, 6.07) is 8.25. The summed E-state index contributed by atoms with van der Waals surface area (Å²) in [5, 5.41) is 6.25. The molecule has 0 unspecified atom stereocenters. The summed E-state index contributed by atoms with van der Waals surface area (Å²) < 4.78 is 5.35. The van der Waals surface area contributed by atoms with Crippen LogP contribution in [-0.4, -0.2) is 36.0 Å². The Bertz CT molecular complexity index is 733. The van der Waals surface area contributed by atoms with Crippen molar-refractivity contribution in [2.75, 3.05) is 20.2 Å². The number of carbonyl (C=O) groups excluding carboxylic acids is 1. The molecule has 1 N–H and O–H groups in total. The molecule has 2 heterocycles. The van der Waals surface area contributed by atoms with Crippen molar-refractivity contribution in [2.24, 2.45) is 11.8 Å². The second kappa shape index (κ2) is 9.33. The molecule has 1 aromatic heterocycles. The summed E-state index contributed by atoms with van der Waals surface area (Å²) in [5.41, 5.74) is 1.26. The van der Waals surface area contributed by atoms with Gasteiger partial charge >= 0.3 is 0 Å². The highest BCUT2D eigenvalue weighted by Crippen LogP contribution is 2.32. The number of benzene rings is 1. The van der Waals surface area contributed by atoms with Crippen LogP contribution in [0.3, 0.4) is 0 Å².